The molecule has 1 atom stereocenters. The minimum atomic E-state index is -0.763. The molecule has 28 heavy (non-hydrogen) atoms. The summed E-state index contributed by atoms with van der Waals surface area (Å²) >= 11 is 0. The van der Waals surface area contributed by atoms with Crippen molar-refractivity contribution in [3.05, 3.63) is 33.2 Å². The van der Waals surface area contributed by atoms with Crippen LogP contribution in [0, 0.1) is 5.92 Å². The maximum Gasteiger partial charge on any atom is 0.328 e. The third kappa shape index (κ3) is 6.21. The second-order valence-corrected chi connectivity index (χ2v) is 7.62. The molecule has 1 aromatic rings. The summed E-state index contributed by atoms with van der Waals surface area (Å²) in [5.41, 5.74) is 1.86. The molecule has 1 aromatic heterocycles. The average Bonchev–Trinajstić information content (AvgIpc) is 2.66. The molecule has 1 heterocycles. The van der Waals surface area contributed by atoms with Gasteiger partial charge in [0.15, 0.2) is 0 Å². The highest BCUT2D eigenvalue weighted by Crippen LogP contribution is 2.15. The Morgan fingerprint density at radius 1 is 1.18 bits per heavy atom. The highest BCUT2D eigenvalue weighted by atomic mass is 16.5. The molecule has 1 N–H and O–H groups in total. The van der Waals surface area contributed by atoms with Gasteiger partial charge in [-0.1, -0.05) is 47.5 Å². The first-order valence-corrected chi connectivity index (χ1v) is 10.4. The number of aromatic nitrogens is 1. The van der Waals surface area contributed by atoms with E-state index in [1.165, 1.54) is 7.11 Å². The number of methoxy groups -OCH3 is 1. The highest BCUT2D eigenvalue weighted by Gasteiger charge is 2.25. The maximum absolute atomic E-state index is 13.1. The molecule has 1 rings (SSSR count). The van der Waals surface area contributed by atoms with Crippen molar-refractivity contribution in [3.8, 4) is 0 Å². The molecule has 6 heteroatoms. The molecule has 0 fully saturated rings. The number of ether oxygens (including phenoxy) is 1. The minimum absolute atomic E-state index is 0.102. The molecule has 0 aromatic carbocycles. The molecular weight excluding hydrogens is 356 g/mol. The first kappa shape index (κ1) is 23.9. The van der Waals surface area contributed by atoms with Gasteiger partial charge in [-0.25, -0.2) is 4.79 Å². The number of carbonyl (C=O) groups excluding carboxylic acids is 2. The zero-order chi connectivity index (χ0) is 21.3. The molecule has 0 aliphatic carbocycles. The van der Waals surface area contributed by atoms with Crippen molar-refractivity contribution < 1.29 is 14.3 Å². The van der Waals surface area contributed by atoms with Gasteiger partial charge in [-0.05, 0) is 43.2 Å². The summed E-state index contributed by atoms with van der Waals surface area (Å²) in [6.45, 7) is 10.7. The zero-order valence-electron chi connectivity index (χ0n) is 18.3. The van der Waals surface area contributed by atoms with Crippen LogP contribution in [0.2, 0.25) is 0 Å². The summed E-state index contributed by atoms with van der Waals surface area (Å²) in [4.78, 5) is 38.1. The number of nitrogens with one attached hydrogen (secondary N) is 1. The molecular formula is C22H36N2O4. The lowest BCUT2D eigenvalue weighted by molar-refractivity contribution is -0.143. The van der Waals surface area contributed by atoms with E-state index in [-0.39, 0.29) is 17.0 Å². The summed E-state index contributed by atoms with van der Waals surface area (Å²) in [6.07, 6.45) is 4.79. The zero-order valence-corrected chi connectivity index (χ0v) is 18.3. The lowest BCUT2D eigenvalue weighted by Crippen LogP contribution is -2.45. The van der Waals surface area contributed by atoms with E-state index in [1.807, 2.05) is 20.8 Å². The van der Waals surface area contributed by atoms with Gasteiger partial charge in [-0.3, -0.25) is 9.59 Å². The Kier molecular flexibility index (Phi) is 9.97. The van der Waals surface area contributed by atoms with Crippen molar-refractivity contribution >= 4 is 11.9 Å². The molecule has 0 unspecified atom stereocenters. The van der Waals surface area contributed by atoms with E-state index in [1.54, 1.807) is 10.6 Å². The van der Waals surface area contributed by atoms with Crippen molar-refractivity contribution in [1.82, 2.24) is 9.88 Å². The van der Waals surface area contributed by atoms with E-state index in [4.69, 9.17) is 4.74 Å². The van der Waals surface area contributed by atoms with Crippen molar-refractivity contribution in [3.63, 3.8) is 0 Å². The van der Waals surface area contributed by atoms with Crippen LogP contribution >= 0.6 is 0 Å². The van der Waals surface area contributed by atoms with E-state index in [0.29, 0.717) is 13.0 Å². The van der Waals surface area contributed by atoms with Crippen LogP contribution < -0.4 is 10.9 Å². The molecule has 0 radical (unpaired) electrons. The Hall–Kier alpha value is -2.11. The second-order valence-electron chi connectivity index (χ2n) is 7.62. The van der Waals surface area contributed by atoms with Crippen molar-refractivity contribution in [2.45, 2.75) is 85.7 Å². The van der Waals surface area contributed by atoms with Crippen molar-refractivity contribution in [2.24, 2.45) is 5.92 Å². The Morgan fingerprint density at radius 2 is 1.86 bits per heavy atom. The maximum atomic E-state index is 13.1. The predicted molar refractivity (Wildman–Crippen MR) is 112 cm³/mol. The number of aryl methyl sites for hydroxylation is 1. The fourth-order valence-electron chi connectivity index (χ4n) is 3.38. The molecule has 0 aliphatic rings. The smallest absolute Gasteiger partial charge is 0.328 e. The van der Waals surface area contributed by atoms with Crippen LogP contribution in [0.25, 0.3) is 0 Å². The van der Waals surface area contributed by atoms with Gasteiger partial charge in [0.05, 0.1) is 7.11 Å². The number of carbonyl (C=O) groups is 2. The lowest BCUT2D eigenvalue weighted by atomic mass is 10.0. The largest absolute Gasteiger partial charge is 0.467 e. The highest BCUT2D eigenvalue weighted by molar-refractivity contribution is 5.96. The predicted octanol–water partition coefficient (Wildman–Crippen LogP) is 3.48. The monoisotopic (exact) mass is 392 g/mol. The summed E-state index contributed by atoms with van der Waals surface area (Å²) in [6, 6.07) is 0.941. The van der Waals surface area contributed by atoms with Crippen LogP contribution in [0.5, 0.6) is 0 Å². The van der Waals surface area contributed by atoms with Gasteiger partial charge in [0.25, 0.3) is 11.5 Å². The van der Waals surface area contributed by atoms with E-state index >= 15 is 0 Å². The van der Waals surface area contributed by atoms with Crippen LogP contribution in [-0.4, -0.2) is 29.6 Å². The van der Waals surface area contributed by atoms with E-state index in [9.17, 15) is 14.4 Å². The van der Waals surface area contributed by atoms with Gasteiger partial charge in [-0.2, -0.15) is 0 Å². The third-order valence-electron chi connectivity index (χ3n) is 4.84. The van der Waals surface area contributed by atoms with Crippen LogP contribution in [-0.2, 0) is 28.9 Å². The van der Waals surface area contributed by atoms with Gasteiger partial charge in [-0.15, -0.1) is 0 Å². The number of unbranched alkanes of at least 4 members (excludes halogenated alkanes) is 1. The summed E-state index contributed by atoms with van der Waals surface area (Å²) in [5, 5.41) is 2.72. The van der Waals surface area contributed by atoms with Gasteiger partial charge < -0.3 is 14.6 Å². The number of rotatable bonds is 11. The fourth-order valence-corrected chi connectivity index (χ4v) is 3.38. The first-order chi connectivity index (χ1) is 13.3. The quantitative estimate of drug-likeness (QED) is 0.585. The Morgan fingerprint density at radius 3 is 2.36 bits per heavy atom. The van der Waals surface area contributed by atoms with Gasteiger partial charge in [0, 0.05) is 12.2 Å². The Balaban J connectivity index is 3.35. The summed E-state index contributed by atoms with van der Waals surface area (Å²) in [5.74, 6) is -0.806. The van der Waals surface area contributed by atoms with Gasteiger partial charge >= 0.3 is 5.97 Å². The van der Waals surface area contributed by atoms with Crippen LogP contribution in [0.3, 0.4) is 0 Å². The second kappa shape index (κ2) is 11.7. The molecule has 0 saturated heterocycles. The first-order valence-electron chi connectivity index (χ1n) is 10.4. The molecule has 0 bridgehead atoms. The van der Waals surface area contributed by atoms with E-state index in [2.05, 4.69) is 19.2 Å². The molecule has 6 nitrogen and oxygen atoms in total. The van der Waals surface area contributed by atoms with Crippen LogP contribution in [0.4, 0.5) is 0 Å². The number of pyridine rings is 1. The number of esters is 1. The normalized spacial score (nSPS) is 12.1. The van der Waals surface area contributed by atoms with Gasteiger partial charge in [0.2, 0.25) is 0 Å². The van der Waals surface area contributed by atoms with E-state index in [0.717, 1.165) is 43.4 Å². The molecule has 0 aliphatic heterocycles. The molecule has 0 saturated carbocycles. The summed E-state index contributed by atoms with van der Waals surface area (Å²) < 4.78 is 6.58. The molecule has 1 amide bonds. The van der Waals surface area contributed by atoms with Crippen LogP contribution in [0.15, 0.2) is 10.9 Å². The molecule has 158 valence electrons. The molecule has 0 spiro atoms. The summed E-state index contributed by atoms with van der Waals surface area (Å²) in [7, 11) is 1.30. The van der Waals surface area contributed by atoms with Gasteiger partial charge in [0.1, 0.15) is 11.6 Å². The number of hydrogen-bond acceptors (Lipinski definition) is 4. The minimum Gasteiger partial charge on any atom is -0.467 e. The number of nitrogens with zero attached hydrogens (tertiary/aromatic N) is 1. The number of amides is 1. The fraction of sp³-hybridized carbons (Fsp3) is 0.682. The van der Waals surface area contributed by atoms with Crippen LogP contribution in [0.1, 0.15) is 81.9 Å². The van der Waals surface area contributed by atoms with E-state index < -0.39 is 17.9 Å². The van der Waals surface area contributed by atoms with Crippen molar-refractivity contribution in [1.29, 1.82) is 0 Å². The Labute approximate surface area is 168 Å². The average molecular weight is 393 g/mol. The Bertz CT molecular complexity index is 722. The van der Waals surface area contributed by atoms with Crippen molar-refractivity contribution in [2.75, 3.05) is 7.11 Å². The lowest BCUT2D eigenvalue weighted by Gasteiger charge is -2.21. The standard InChI is InChI=1S/C22H36N2O4/c1-7-10-12-24-19(11-8-2)16(9-3)14-17(21(24)26)20(25)23-18(13-15(4)5)22(27)28-6/h14-15,18H,7-13H2,1-6H3,(H,23,25)/t18-/m0/s1. The SMILES string of the molecule is CCCCn1c(CCC)c(CC)cc(C(=O)N[C@@H](CC(C)C)C(=O)OC)c1=O. The third-order valence-corrected chi connectivity index (χ3v) is 4.84. The number of hydrogen-bond donors (Lipinski definition) is 1. The topological polar surface area (TPSA) is 77.4 Å².